The summed E-state index contributed by atoms with van der Waals surface area (Å²) in [6.45, 7) is 1.57. The second-order valence-electron chi connectivity index (χ2n) is 12.1. The second-order valence-corrected chi connectivity index (χ2v) is 12.1. The number of unbranched alkanes of at least 4 members (excludes halogenated alkanes) is 10. The number of aliphatic carboxylic acids is 1. The van der Waals surface area contributed by atoms with Crippen molar-refractivity contribution >= 4 is 35.9 Å². The molecule has 0 fully saturated rings. The highest BCUT2D eigenvalue weighted by atomic mass is 16.5. The Morgan fingerprint density at radius 1 is 0.667 bits per heavy atom. The summed E-state index contributed by atoms with van der Waals surface area (Å²) in [5, 5.41) is 26.5. The largest absolute Gasteiger partial charge is 0.494 e. The van der Waals surface area contributed by atoms with Crippen LogP contribution in [0.5, 0.6) is 5.75 Å². The molecule has 3 amide bonds. The van der Waals surface area contributed by atoms with Crippen molar-refractivity contribution in [2.24, 2.45) is 5.73 Å². The first-order chi connectivity index (χ1) is 23.1. The fourth-order valence-corrected chi connectivity index (χ4v) is 4.92. The maximum atomic E-state index is 12.3. The van der Waals surface area contributed by atoms with Crippen LogP contribution < -0.4 is 26.4 Å². The minimum absolute atomic E-state index is 0.0101. The molecule has 1 rings (SSSR count). The van der Waals surface area contributed by atoms with Crippen LogP contribution in [0.1, 0.15) is 126 Å². The molecular weight excluding hydrogens is 620 g/mol. The van der Waals surface area contributed by atoms with E-state index < -0.39 is 24.0 Å². The molecule has 270 valence electrons. The fourth-order valence-electron chi connectivity index (χ4n) is 4.92. The number of ether oxygens (including phenoxy) is 1. The minimum Gasteiger partial charge on any atom is -0.494 e. The number of carboxylic acids is 2. The average Bonchev–Trinajstić information content (AvgIpc) is 3.06. The Morgan fingerprint density at radius 3 is 1.77 bits per heavy atom. The molecule has 0 aliphatic heterocycles. The summed E-state index contributed by atoms with van der Waals surface area (Å²) in [6.07, 6.45) is 13.4. The lowest BCUT2D eigenvalue weighted by Crippen LogP contribution is -2.41. The summed E-state index contributed by atoms with van der Waals surface area (Å²) < 4.78 is 5.64. The SMILES string of the molecule is N[C@H](C=O)CCCCNC(=O)CCCCCNC(=O)CC[C@H](NC(=O)CCCCCCCCCCOc1ccc(C(=O)O)cc1)C(=O)O. The molecule has 13 heteroatoms. The predicted octanol–water partition coefficient (Wildman–Crippen LogP) is 4.11. The number of aldehydes is 1. The van der Waals surface area contributed by atoms with Gasteiger partial charge in [-0.15, -0.1) is 0 Å². The van der Waals surface area contributed by atoms with Gasteiger partial charge in [0.2, 0.25) is 17.7 Å². The van der Waals surface area contributed by atoms with Crippen LogP contribution in [0.25, 0.3) is 0 Å². The summed E-state index contributed by atoms with van der Waals surface area (Å²) in [5.74, 6) is -2.10. The number of hydrogen-bond donors (Lipinski definition) is 6. The van der Waals surface area contributed by atoms with Crippen molar-refractivity contribution in [1.82, 2.24) is 16.0 Å². The van der Waals surface area contributed by atoms with Gasteiger partial charge in [0.25, 0.3) is 0 Å². The smallest absolute Gasteiger partial charge is 0.335 e. The Balaban J connectivity index is 2.00. The van der Waals surface area contributed by atoms with Crippen LogP contribution in [-0.2, 0) is 24.0 Å². The van der Waals surface area contributed by atoms with Gasteiger partial charge in [-0.2, -0.15) is 0 Å². The Bertz CT molecular complexity index is 1100. The van der Waals surface area contributed by atoms with Crippen molar-refractivity contribution in [3.8, 4) is 5.75 Å². The highest BCUT2D eigenvalue weighted by molar-refractivity contribution is 5.87. The van der Waals surface area contributed by atoms with Gasteiger partial charge in [0.1, 0.15) is 18.1 Å². The van der Waals surface area contributed by atoms with E-state index in [2.05, 4.69) is 16.0 Å². The number of nitrogens with one attached hydrogen (secondary N) is 3. The van der Waals surface area contributed by atoms with E-state index in [4.69, 9.17) is 15.6 Å². The third-order valence-electron chi connectivity index (χ3n) is 7.83. The zero-order valence-electron chi connectivity index (χ0n) is 28.2. The molecule has 48 heavy (non-hydrogen) atoms. The number of amides is 3. The lowest BCUT2D eigenvalue weighted by Gasteiger charge is -2.14. The van der Waals surface area contributed by atoms with E-state index in [1.165, 1.54) is 12.1 Å². The normalized spacial score (nSPS) is 12.0. The number of carbonyl (C=O) groups excluding carboxylic acids is 4. The van der Waals surface area contributed by atoms with E-state index >= 15 is 0 Å². The number of benzene rings is 1. The zero-order valence-corrected chi connectivity index (χ0v) is 28.2. The number of carbonyl (C=O) groups is 6. The molecule has 0 aliphatic carbocycles. The Kier molecular flexibility index (Phi) is 23.6. The predicted molar refractivity (Wildman–Crippen MR) is 182 cm³/mol. The van der Waals surface area contributed by atoms with Crippen molar-refractivity contribution in [2.45, 2.75) is 128 Å². The van der Waals surface area contributed by atoms with Crippen LogP contribution in [0.4, 0.5) is 0 Å². The lowest BCUT2D eigenvalue weighted by atomic mass is 10.1. The fraction of sp³-hybridized carbons (Fsp3) is 0.657. The van der Waals surface area contributed by atoms with Crippen molar-refractivity contribution in [3.63, 3.8) is 0 Å². The maximum Gasteiger partial charge on any atom is 0.335 e. The quantitative estimate of drug-likeness (QED) is 0.0506. The molecular formula is C35H56N4O9. The molecule has 0 unspecified atom stereocenters. The lowest BCUT2D eigenvalue weighted by molar-refractivity contribution is -0.142. The van der Waals surface area contributed by atoms with Gasteiger partial charge in [-0.05, 0) is 75.6 Å². The van der Waals surface area contributed by atoms with Crippen LogP contribution in [0.3, 0.4) is 0 Å². The Labute approximate surface area is 284 Å². The van der Waals surface area contributed by atoms with Gasteiger partial charge in [0.15, 0.2) is 0 Å². The second kappa shape index (κ2) is 27.0. The summed E-state index contributed by atoms with van der Waals surface area (Å²) in [5.41, 5.74) is 5.75. The zero-order chi connectivity index (χ0) is 35.4. The molecule has 0 heterocycles. The topological polar surface area (TPSA) is 214 Å². The standard InChI is InChI=1S/C35H56N4O9/c36-28(26-40)14-10-12-24-37-31(41)15-9-7-11-23-38-32(42)22-21-30(35(46)47)39-33(43)16-8-5-3-1-2-4-6-13-25-48-29-19-17-27(18-20-29)34(44)45/h17-20,26,28,30H,1-16,21-25,36H2,(H,37,41)(H,38,42)(H,39,43)(H,44,45)(H,46,47)/t28-,30-/m0/s1. The van der Waals surface area contributed by atoms with Crippen molar-refractivity contribution in [2.75, 3.05) is 19.7 Å². The van der Waals surface area contributed by atoms with Gasteiger partial charge in [-0.25, -0.2) is 9.59 Å². The highest BCUT2D eigenvalue weighted by Crippen LogP contribution is 2.14. The van der Waals surface area contributed by atoms with Gasteiger partial charge in [0, 0.05) is 32.4 Å². The van der Waals surface area contributed by atoms with Crippen molar-refractivity contribution < 1.29 is 43.7 Å². The molecule has 0 radical (unpaired) electrons. The molecule has 0 spiro atoms. The minimum atomic E-state index is -1.17. The van der Waals surface area contributed by atoms with E-state index in [0.29, 0.717) is 57.6 Å². The first-order valence-corrected chi connectivity index (χ1v) is 17.3. The monoisotopic (exact) mass is 676 g/mol. The summed E-state index contributed by atoms with van der Waals surface area (Å²) >= 11 is 0. The van der Waals surface area contributed by atoms with Gasteiger partial charge < -0.3 is 41.4 Å². The number of nitrogens with two attached hydrogens (primary N) is 1. The Hall–Kier alpha value is -4.00. The number of carboxylic acid groups (broad SMARTS) is 2. The number of rotatable bonds is 30. The molecule has 1 aromatic carbocycles. The first kappa shape index (κ1) is 42.0. The summed E-state index contributed by atoms with van der Waals surface area (Å²) in [4.78, 5) is 69.2. The van der Waals surface area contributed by atoms with Crippen LogP contribution >= 0.6 is 0 Å². The molecule has 13 nitrogen and oxygen atoms in total. The maximum absolute atomic E-state index is 12.3. The van der Waals surface area contributed by atoms with Gasteiger partial charge in [0.05, 0.1) is 18.2 Å². The summed E-state index contributed by atoms with van der Waals surface area (Å²) in [6, 6.07) is 4.80. The third kappa shape index (κ3) is 22.5. The van der Waals surface area contributed by atoms with Gasteiger partial charge in [-0.3, -0.25) is 14.4 Å². The number of aromatic carboxylic acids is 1. The van der Waals surface area contributed by atoms with Gasteiger partial charge >= 0.3 is 11.9 Å². The molecule has 0 bridgehead atoms. The molecule has 2 atom stereocenters. The van der Waals surface area contributed by atoms with E-state index in [1.54, 1.807) is 12.1 Å². The van der Waals surface area contributed by atoms with Gasteiger partial charge in [-0.1, -0.05) is 44.9 Å². The molecule has 0 aliphatic rings. The Morgan fingerprint density at radius 2 is 1.19 bits per heavy atom. The van der Waals surface area contributed by atoms with Crippen LogP contribution in [0, 0.1) is 0 Å². The average molecular weight is 677 g/mol. The van der Waals surface area contributed by atoms with E-state index in [-0.39, 0.29) is 42.5 Å². The van der Waals surface area contributed by atoms with Crippen LogP contribution in [0.15, 0.2) is 24.3 Å². The third-order valence-corrected chi connectivity index (χ3v) is 7.83. The molecule has 7 N–H and O–H groups in total. The number of hydrogen-bond acceptors (Lipinski definition) is 8. The van der Waals surface area contributed by atoms with Crippen LogP contribution in [-0.4, -0.2) is 77.9 Å². The van der Waals surface area contributed by atoms with Crippen molar-refractivity contribution in [1.29, 1.82) is 0 Å². The molecule has 0 aromatic heterocycles. The van der Waals surface area contributed by atoms with E-state index in [1.807, 2.05) is 0 Å². The molecule has 1 aromatic rings. The van der Waals surface area contributed by atoms with Crippen LogP contribution in [0.2, 0.25) is 0 Å². The van der Waals surface area contributed by atoms with Crippen molar-refractivity contribution in [3.05, 3.63) is 29.8 Å². The molecule has 0 saturated carbocycles. The van der Waals surface area contributed by atoms with E-state index in [0.717, 1.165) is 70.5 Å². The van der Waals surface area contributed by atoms with E-state index in [9.17, 15) is 33.9 Å². The first-order valence-electron chi connectivity index (χ1n) is 17.3. The highest BCUT2D eigenvalue weighted by Gasteiger charge is 2.20. The summed E-state index contributed by atoms with van der Waals surface area (Å²) in [7, 11) is 0. The molecule has 0 saturated heterocycles.